The lowest BCUT2D eigenvalue weighted by molar-refractivity contribution is -0.122. The Morgan fingerprint density at radius 3 is 2.68 bits per heavy atom. The molecule has 0 fully saturated rings. The van der Waals surface area contributed by atoms with Crippen LogP contribution in [0.15, 0.2) is 35.9 Å². The van der Waals surface area contributed by atoms with Gasteiger partial charge in [-0.1, -0.05) is 23.8 Å². The number of benzene rings is 1. The summed E-state index contributed by atoms with van der Waals surface area (Å²) in [5, 5.41) is 3.04. The van der Waals surface area contributed by atoms with Crippen molar-refractivity contribution in [3.8, 4) is 5.75 Å². The number of likely N-dealkylation sites (N-methyl/N-ethyl adjacent to an activating group) is 1. The van der Waals surface area contributed by atoms with Crippen LogP contribution >= 0.6 is 0 Å². The number of hydrogen-bond donors (Lipinski definition) is 1. The highest BCUT2D eigenvalue weighted by molar-refractivity contribution is 5.83. The van der Waals surface area contributed by atoms with Gasteiger partial charge in [0.25, 0.3) is 0 Å². The van der Waals surface area contributed by atoms with E-state index in [0.29, 0.717) is 0 Å². The van der Waals surface area contributed by atoms with Crippen LogP contribution < -0.4 is 10.1 Å². The molecule has 2 rings (SSSR count). The van der Waals surface area contributed by atoms with Gasteiger partial charge in [-0.2, -0.15) is 0 Å². The molecule has 0 radical (unpaired) electrons. The van der Waals surface area contributed by atoms with E-state index in [1.54, 1.807) is 7.11 Å². The maximum Gasteiger partial charge on any atom is 0.227 e. The van der Waals surface area contributed by atoms with Gasteiger partial charge in [-0.3, -0.25) is 4.79 Å². The average molecular weight is 302 g/mol. The van der Waals surface area contributed by atoms with Gasteiger partial charge in [-0.05, 0) is 44.5 Å². The molecule has 0 saturated heterocycles. The lowest BCUT2D eigenvalue weighted by atomic mass is 10.00. The molecule has 22 heavy (non-hydrogen) atoms. The van der Waals surface area contributed by atoms with Crippen molar-refractivity contribution in [2.45, 2.75) is 25.7 Å². The van der Waals surface area contributed by atoms with Crippen molar-refractivity contribution in [3.63, 3.8) is 0 Å². The highest BCUT2D eigenvalue weighted by Crippen LogP contribution is 2.19. The maximum absolute atomic E-state index is 12.2. The maximum atomic E-state index is 12.2. The topological polar surface area (TPSA) is 41.6 Å². The Balaban J connectivity index is 1.78. The number of ether oxygens (including phenoxy) is 1. The van der Waals surface area contributed by atoms with Gasteiger partial charge in [0.2, 0.25) is 5.91 Å². The average Bonchev–Trinajstić information content (AvgIpc) is 2.56. The third-order valence-corrected chi connectivity index (χ3v) is 4.26. The summed E-state index contributed by atoms with van der Waals surface area (Å²) in [5.74, 6) is 0.752. The molecule has 1 N–H and O–H groups in total. The van der Waals surface area contributed by atoms with Crippen LogP contribution in [0.1, 0.15) is 31.2 Å². The Morgan fingerprint density at radius 1 is 1.36 bits per heavy atom. The molecule has 0 aromatic heterocycles. The Labute approximate surface area is 133 Å². The summed E-state index contributed by atoms with van der Waals surface area (Å²) in [7, 11) is 3.77. The largest absolute Gasteiger partial charge is 0.497 e. The SMILES string of the molecule is COc1ccc([C@@H](C)C(=O)NCCC2=CCN(C)CC2)cc1. The Bertz CT molecular complexity index is 522. The van der Waals surface area contributed by atoms with E-state index in [0.717, 1.165) is 43.8 Å². The van der Waals surface area contributed by atoms with Crippen molar-refractivity contribution < 1.29 is 9.53 Å². The fraction of sp³-hybridized carbons (Fsp3) is 0.500. The lowest BCUT2D eigenvalue weighted by Gasteiger charge is -2.22. The van der Waals surface area contributed by atoms with Gasteiger partial charge in [0.15, 0.2) is 0 Å². The molecule has 0 unspecified atom stereocenters. The normalized spacial score (nSPS) is 16.8. The monoisotopic (exact) mass is 302 g/mol. The third-order valence-electron chi connectivity index (χ3n) is 4.26. The minimum atomic E-state index is -0.141. The summed E-state index contributed by atoms with van der Waals surface area (Å²) in [4.78, 5) is 14.5. The summed E-state index contributed by atoms with van der Waals surface area (Å²) < 4.78 is 5.14. The Morgan fingerprint density at radius 2 is 2.09 bits per heavy atom. The van der Waals surface area contributed by atoms with Crippen molar-refractivity contribution in [1.29, 1.82) is 0 Å². The van der Waals surface area contributed by atoms with Crippen molar-refractivity contribution in [2.24, 2.45) is 0 Å². The van der Waals surface area contributed by atoms with Crippen LogP contribution in [0.4, 0.5) is 0 Å². The van der Waals surface area contributed by atoms with Crippen molar-refractivity contribution in [3.05, 3.63) is 41.5 Å². The van der Waals surface area contributed by atoms with Crippen LogP contribution in [0.2, 0.25) is 0 Å². The highest BCUT2D eigenvalue weighted by atomic mass is 16.5. The summed E-state index contributed by atoms with van der Waals surface area (Å²) in [6.07, 6.45) is 4.35. The molecule has 1 heterocycles. The van der Waals surface area contributed by atoms with Crippen LogP contribution in [0.5, 0.6) is 5.75 Å². The van der Waals surface area contributed by atoms with E-state index >= 15 is 0 Å². The second kappa shape index (κ2) is 7.99. The second-order valence-corrected chi connectivity index (χ2v) is 5.91. The zero-order chi connectivity index (χ0) is 15.9. The number of amides is 1. The molecule has 0 aliphatic carbocycles. The fourth-order valence-corrected chi connectivity index (χ4v) is 2.58. The van der Waals surface area contributed by atoms with Crippen molar-refractivity contribution in [2.75, 3.05) is 33.8 Å². The molecule has 0 spiro atoms. The number of carbonyl (C=O) groups excluding carboxylic acids is 1. The van der Waals surface area contributed by atoms with Crippen LogP contribution in [0.3, 0.4) is 0 Å². The van der Waals surface area contributed by atoms with Gasteiger partial charge in [0.1, 0.15) is 5.75 Å². The minimum Gasteiger partial charge on any atom is -0.497 e. The summed E-state index contributed by atoms with van der Waals surface area (Å²) in [6.45, 7) is 4.79. The molecular weight excluding hydrogens is 276 g/mol. The molecule has 1 amide bonds. The van der Waals surface area contributed by atoms with Crippen LogP contribution in [0.25, 0.3) is 0 Å². The first kappa shape index (κ1) is 16.6. The predicted octanol–water partition coefficient (Wildman–Crippen LogP) is 2.57. The summed E-state index contributed by atoms with van der Waals surface area (Å²) >= 11 is 0. The third kappa shape index (κ3) is 4.60. The van der Waals surface area contributed by atoms with Gasteiger partial charge < -0.3 is 15.0 Å². The molecular formula is C18H26N2O2. The van der Waals surface area contributed by atoms with E-state index in [4.69, 9.17) is 4.74 Å². The first-order chi connectivity index (χ1) is 10.6. The van der Waals surface area contributed by atoms with Gasteiger partial charge in [0, 0.05) is 19.6 Å². The van der Waals surface area contributed by atoms with Crippen LogP contribution in [0, 0.1) is 0 Å². The summed E-state index contributed by atoms with van der Waals surface area (Å²) in [5.41, 5.74) is 2.47. The Kier molecular flexibility index (Phi) is 6.01. The second-order valence-electron chi connectivity index (χ2n) is 5.91. The molecule has 4 heteroatoms. The van der Waals surface area contributed by atoms with E-state index in [2.05, 4.69) is 23.3 Å². The molecule has 1 aliphatic rings. The number of hydrogen-bond acceptors (Lipinski definition) is 3. The van der Waals surface area contributed by atoms with Gasteiger partial charge in [-0.15, -0.1) is 0 Å². The van der Waals surface area contributed by atoms with E-state index in [-0.39, 0.29) is 11.8 Å². The smallest absolute Gasteiger partial charge is 0.227 e. The van der Waals surface area contributed by atoms with Crippen LogP contribution in [-0.2, 0) is 4.79 Å². The number of carbonyl (C=O) groups is 1. The molecule has 1 aromatic carbocycles. The quantitative estimate of drug-likeness (QED) is 0.821. The molecule has 0 bridgehead atoms. The molecule has 0 saturated carbocycles. The van der Waals surface area contributed by atoms with Crippen LogP contribution in [-0.4, -0.2) is 44.6 Å². The zero-order valence-electron chi connectivity index (χ0n) is 13.8. The molecule has 1 atom stereocenters. The van der Waals surface area contributed by atoms with Gasteiger partial charge in [0.05, 0.1) is 13.0 Å². The number of nitrogens with zero attached hydrogens (tertiary/aromatic N) is 1. The van der Waals surface area contributed by atoms with Gasteiger partial charge >= 0.3 is 0 Å². The highest BCUT2D eigenvalue weighted by Gasteiger charge is 2.15. The predicted molar refractivity (Wildman–Crippen MR) is 89.2 cm³/mol. The molecule has 1 aliphatic heterocycles. The molecule has 1 aromatic rings. The zero-order valence-corrected chi connectivity index (χ0v) is 13.8. The fourth-order valence-electron chi connectivity index (χ4n) is 2.58. The standard InChI is InChI=1S/C18H26N2O2/c1-14(16-4-6-17(22-3)7-5-16)18(21)19-11-8-15-9-12-20(2)13-10-15/h4-7,9,14H,8,10-13H2,1-3H3,(H,19,21)/t14-/m1/s1. The number of methoxy groups -OCH3 is 1. The van der Waals surface area contributed by atoms with Crippen molar-refractivity contribution >= 4 is 5.91 Å². The van der Waals surface area contributed by atoms with Gasteiger partial charge in [-0.25, -0.2) is 0 Å². The van der Waals surface area contributed by atoms with E-state index < -0.39 is 0 Å². The number of nitrogens with one attached hydrogen (secondary N) is 1. The lowest BCUT2D eigenvalue weighted by Crippen LogP contribution is -2.30. The minimum absolute atomic E-state index is 0.0821. The van der Waals surface area contributed by atoms with E-state index in [1.165, 1.54) is 5.57 Å². The summed E-state index contributed by atoms with van der Waals surface area (Å²) in [6, 6.07) is 7.68. The van der Waals surface area contributed by atoms with E-state index in [9.17, 15) is 4.79 Å². The Hall–Kier alpha value is -1.81. The van der Waals surface area contributed by atoms with E-state index in [1.807, 2.05) is 31.2 Å². The molecule has 4 nitrogen and oxygen atoms in total. The van der Waals surface area contributed by atoms with Crippen molar-refractivity contribution in [1.82, 2.24) is 10.2 Å². The first-order valence-corrected chi connectivity index (χ1v) is 7.88. The molecule has 120 valence electrons. The first-order valence-electron chi connectivity index (χ1n) is 7.88. The number of rotatable bonds is 6.